The lowest BCUT2D eigenvalue weighted by molar-refractivity contribution is 0.102. The molecule has 1 heterocycles. The molecule has 0 radical (unpaired) electrons. The Morgan fingerprint density at radius 3 is 2.77 bits per heavy atom. The Hall–Kier alpha value is -2.86. The van der Waals surface area contributed by atoms with Crippen molar-refractivity contribution in [2.75, 3.05) is 11.9 Å². The van der Waals surface area contributed by atoms with Crippen LogP contribution in [0.4, 0.5) is 10.1 Å². The van der Waals surface area contributed by atoms with E-state index in [4.69, 9.17) is 20.8 Å². The van der Waals surface area contributed by atoms with Crippen molar-refractivity contribution in [2.45, 2.75) is 13.3 Å². The van der Waals surface area contributed by atoms with Crippen LogP contribution in [0.25, 0.3) is 10.8 Å². The number of ether oxygens (including phenoxy) is 1. The van der Waals surface area contributed by atoms with Gasteiger partial charge in [-0.1, -0.05) is 30.7 Å². The molecular formula is C19H15ClFNO4. The van der Waals surface area contributed by atoms with Gasteiger partial charge in [0.25, 0.3) is 5.91 Å². The Morgan fingerprint density at radius 2 is 2.04 bits per heavy atom. The molecule has 0 unspecified atom stereocenters. The summed E-state index contributed by atoms with van der Waals surface area (Å²) in [4.78, 5) is 24.4. The average Bonchev–Trinajstić information content (AvgIpc) is 2.63. The van der Waals surface area contributed by atoms with Gasteiger partial charge in [-0.2, -0.15) is 0 Å². The molecule has 3 aromatic rings. The van der Waals surface area contributed by atoms with E-state index in [9.17, 15) is 14.0 Å². The molecule has 0 saturated carbocycles. The number of fused-ring (bicyclic) bond motifs is 1. The molecule has 1 aromatic heterocycles. The minimum Gasteiger partial charge on any atom is -0.464 e. The smallest absolute Gasteiger partial charge is 0.346 e. The molecule has 0 aliphatic carbocycles. The second-order valence-corrected chi connectivity index (χ2v) is 5.94. The molecule has 0 bridgehead atoms. The molecule has 0 aliphatic rings. The van der Waals surface area contributed by atoms with Gasteiger partial charge in [0.05, 0.1) is 12.0 Å². The molecule has 26 heavy (non-hydrogen) atoms. The molecule has 134 valence electrons. The van der Waals surface area contributed by atoms with Crippen molar-refractivity contribution in [1.29, 1.82) is 0 Å². The van der Waals surface area contributed by atoms with Crippen LogP contribution >= 0.6 is 11.6 Å². The standard InChI is InChI=1S/C19H15ClFNO4/c1-2-8-25-19-16(20)14-7-6-13(10-15(14)18(24)26-19)22-17(23)11-4-3-5-12(21)9-11/h3-7,9-10H,2,8H2,1H3,(H,22,23). The van der Waals surface area contributed by atoms with Crippen molar-refractivity contribution in [3.05, 3.63) is 69.3 Å². The normalized spacial score (nSPS) is 10.7. The van der Waals surface area contributed by atoms with Crippen molar-refractivity contribution in [3.8, 4) is 5.95 Å². The van der Waals surface area contributed by atoms with E-state index in [2.05, 4.69) is 5.32 Å². The zero-order valence-corrected chi connectivity index (χ0v) is 14.6. The lowest BCUT2D eigenvalue weighted by Crippen LogP contribution is -2.12. The van der Waals surface area contributed by atoms with E-state index in [-0.39, 0.29) is 21.9 Å². The van der Waals surface area contributed by atoms with E-state index in [1.54, 1.807) is 12.1 Å². The van der Waals surface area contributed by atoms with Gasteiger partial charge in [-0.15, -0.1) is 0 Å². The van der Waals surface area contributed by atoms with Gasteiger partial charge in [0.2, 0.25) is 0 Å². The van der Waals surface area contributed by atoms with E-state index in [0.717, 1.165) is 12.5 Å². The van der Waals surface area contributed by atoms with Crippen LogP contribution < -0.4 is 15.7 Å². The van der Waals surface area contributed by atoms with Crippen molar-refractivity contribution < 1.29 is 18.3 Å². The van der Waals surface area contributed by atoms with Crippen LogP contribution in [0.2, 0.25) is 5.02 Å². The van der Waals surface area contributed by atoms with E-state index >= 15 is 0 Å². The number of anilines is 1. The molecule has 0 saturated heterocycles. The third-order valence-corrected chi connectivity index (χ3v) is 3.98. The van der Waals surface area contributed by atoms with E-state index in [0.29, 0.717) is 17.7 Å². The zero-order chi connectivity index (χ0) is 18.7. The van der Waals surface area contributed by atoms with Gasteiger partial charge in [-0.25, -0.2) is 9.18 Å². The Kier molecular flexibility index (Phi) is 5.23. The Bertz CT molecular complexity index is 1030. The maximum atomic E-state index is 13.2. The second-order valence-electron chi connectivity index (χ2n) is 5.56. The summed E-state index contributed by atoms with van der Waals surface area (Å²) in [7, 11) is 0. The molecule has 1 N–H and O–H groups in total. The summed E-state index contributed by atoms with van der Waals surface area (Å²) in [6.07, 6.45) is 0.739. The topological polar surface area (TPSA) is 68.5 Å². The summed E-state index contributed by atoms with van der Waals surface area (Å²) >= 11 is 6.23. The van der Waals surface area contributed by atoms with Gasteiger partial charge in [-0.3, -0.25) is 4.79 Å². The molecular weight excluding hydrogens is 361 g/mol. The van der Waals surface area contributed by atoms with Gasteiger partial charge in [0.15, 0.2) is 0 Å². The zero-order valence-electron chi connectivity index (χ0n) is 13.8. The monoisotopic (exact) mass is 375 g/mol. The highest BCUT2D eigenvalue weighted by Gasteiger charge is 2.15. The number of hydrogen-bond acceptors (Lipinski definition) is 4. The number of halogens is 2. The van der Waals surface area contributed by atoms with Crippen molar-refractivity contribution >= 4 is 34.0 Å². The summed E-state index contributed by atoms with van der Waals surface area (Å²) in [6.45, 7) is 2.29. The highest BCUT2D eigenvalue weighted by molar-refractivity contribution is 6.36. The highest BCUT2D eigenvalue weighted by atomic mass is 35.5. The number of nitrogens with one attached hydrogen (secondary N) is 1. The summed E-state index contributed by atoms with van der Waals surface area (Å²) in [5.74, 6) is -1.03. The van der Waals surface area contributed by atoms with E-state index in [1.807, 2.05) is 6.92 Å². The fourth-order valence-corrected chi connectivity index (χ4v) is 2.65. The third-order valence-electron chi connectivity index (χ3n) is 3.62. The number of hydrogen-bond donors (Lipinski definition) is 1. The van der Waals surface area contributed by atoms with Crippen molar-refractivity contribution in [3.63, 3.8) is 0 Å². The quantitative estimate of drug-likeness (QED) is 0.706. The van der Waals surface area contributed by atoms with Crippen molar-refractivity contribution in [1.82, 2.24) is 0 Å². The fraction of sp³-hybridized carbons (Fsp3) is 0.158. The molecule has 0 atom stereocenters. The molecule has 0 spiro atoms. The maximum absolute atomic E-state index is 13.2. The molecule has 1 amide bonds. The predicted molar refractivity (Wildman–Crippen MR) is 97.6 cm³/mol. The van der Waals surface area contributed by atoms with E-state index in [1.165, 1.54) is 24.3 Å². The average molecular weight is 376 g/mol. The maximum Gasteiger partial charge on any atom is 0.346 e. The fourth-order valence-electron chi connectivity index (χ4n) is 2.40. The first-order valence-corrected chi connectivity index (χ1v) is 8.33. The van der Waals surface area contributed by atoms with Crippen LogP contribution in [-0.2, 0) is 0 Å². The number of rotatable bonds is 5. The van der Waals surface area contributed by atoms with Crippen LogP contribution in [-0.4, -0.2) is 12.5 Å². The van der Waals surface area contributed by atoms with Crippen LogP contribution in [0.1, 0.15) is 23.7 Å². The first-order valence-electron chi connectivity index (χ1n) is 7.95. The molecule has 7 heteroatoms. The summed E-state index contributed by atoms with van der Waals surface area (Å²) in [6, 6.07) is 9.94. The first-order chi connectivity index (χ1) is 12.5. The lowest BCUT2D eigenvalue weighted by atomic mass is 10.1. The number of carbonyl (C=O) groups is 1. The van der Waals surface area contributed by atoms with Crippen LogP contribution in [0.5, 0.6) is 5.95 Å². The summed E-state index contributed by atoms with van der Waals surface area (Å²) in [5, 5.41) is 3.46. The van der Waals surface area contributed by atoms with Gasteiger partial charge in [0.1, 0.15) is 10.8 Å². The van der Waals surface area contributed by atoms with Crippen molar-refractivity contribution in [2.24, 2.45) is 0 Å². The molecule has 5 nitrogen and oxygen atoms in total. The number of benzene rings is 2. The Morgan fingerprint density at radius 1 is 1.23 bits per heavy atom. The Labute approximate surface area is 153 Å². The van der Waals surface area contributed by atoms with Gasteiger partial charge < -0.3 is 14.5 Å². The minimum absolute atomic E-state index is 0.0254. The molecule has 0 aliphatic heterocycles. The number of amides is 1. The first kappa shape index (κ1) is 17.9. The third kappa shape index (κ3) is 3.70. The second kappa shape index (κ2) is 7.58. The molecule has 3 rings (SSSR count). The largest absolute Gasteiger partial charge is 0.464 e. The SMILES string of the molecule is CCCOc1oc(=O)c2cc(NC(=O)c3cccc(F)c3)ccc2c1Cl. The highest BCUT2D eigenvalue weighted by Crippen LogP contribution is 2.32. The predicted octanol–water partition coefficient (Wildman–Crippen LogP) is 4.63. The Balaban J connectivity index is 1.93. The van der Waals surface area contributed by atoms with Gasteiger partial charge in [0, 0.05) is 16.6 Å². The molecule has 2 aromatic carbocycles. The van der Waals surface area contributed by atoms with Gasteiger partial charge >= 0.3 is 11.6 Å². The van der Waals surface area contributed by atoms with Crippen LogP contribution in [0, 0.1) is 5.82 Å². The number of carbonyl (C=O) groups excluding carboxylic acids is 1. The lowest BCUT2D eigenvalue weighted by Gasteiger charge is -2.09. The van der Waals surface area contributed by atoms with Crippen LogP contribution in [0.3, 0.4) is 0 Å². The van der Waals surface area contributed by atoms with Crippen LogP contribution in [0.15, 0.2) is 51.7 Å². The van der Waals surface area contributed by atoms with E-state index < -0.39 is 17.3 Å². The summed E-state index contributed by atoms with van der Waals surface area (Å²) in [5.41, 5.74) is -0.104. The summed E-state index contributed by atoms with van der Waals surface area (Å²) < 4.78 is 23.7. The van der Waals surface area contributed by atoms with Gasteiger partial charge in [-0.05, 0) is 36.8 Å². The molecule has 0 fully saturated rings. The minimum atomic E-state index is -0.627.